The van der Waals surface area contributed by atoms with Gasteiger partial charge in [-0.3, -0.25) is 0 Å². The Morgan fingerprint density at radius 3 is 1.74 bits per heavy atom. The van der Waals surface area contributed by atoms with Crippen LogP contribution in [0.4, 0.5) is 0 Å². The summed E-state index contributed by atoms with van der Waals surface area (Å²) in [5.74, 6) is 1.22. The van der Waals surface area contributed by atoms with Crippen molar-refractivity contribution in [3.63, 3.8) is 0 Å². The Labute approximate surface area is 262 Å². The van der Waals surface area contributed by atoms with Crippen LogP contribution in [0.25, 0.3) is 0 Å². The molecule has 4 heteroatoms. The maximum Gasteiger partial charge on any atom is 0.250 e. The molecule has 236 valence electrons. The van der Waals surface area contributed by atoms with Gasteiger partial charge >= 0.3 is 0 Å². The van der Waals surface area contributed by atoms with Crippen molar-refractivity contribution in [2.24, 2.45) is 0 Å². The van der Waals surface area contributed by atoms with Crippen molar-refractivity contribution >= 4 is 21.6 Å². The molecule has 1 saturated heterocycles. The molecule has 0 radical (unpaired) electrons. The van der Waals surface area contributed by atoms with E-state index < -0.39 is 16.4 Å². The minimum Gasteiger partial charge on any atom is -0.547 e. The number of hydrogen-bond acceptors (Lipinski definition) is 2. The van der Waals surface area contributed by atoms with E-state index in [1.807, 2.05) is 0 Å². The van der Waals surface area contributed by atoms with Gasteiger partial charge in [0.2, 0.25) is 8.32 Å². The lowest BCUT2D eigenvalue weighted by molar-refractivity contribution is 0.320. The fraction of sp³-hybridized carbons (Fsp3) is 0.632. The van der Waals surface area contributed by atoms with Crippen LogP contribution in [0, 0.1) is 0 Å². The van der Waals surface area contributed by atoms with E-state index in [-0.39, 0.29) is 10.6 Å². The minimum atomic E-state index is -1.88. The van der Waals surface area contributed by atoms with Gasteiger partial charge in [-0.15, -0.1) is 0 Å². The van der Waals surface area contributed by atoms with Crippen molar-refractivity contribution in [3.05, 3.63) is 77.1 Å². The molecule has 0 bridgehead atoms. The van der Waals surface area contributed by atoms with Crippen molar-refractivity contribution in [1.82, 2.24) is 0 Å². The summed E-state index contributed by atoms with van der Waals surface area (Å²) in [6, 6.07) is 12.2. The summed E-state index contributed by atoms with van der Waals surface area (Å²) < 4.78 is 12.6. The van der Waals surface area contributed by atoms with Crippen LogP contribution < -0.4 is 5.19 Å². The maximum atomic E-state index is 6.89. The highest BCUT2D eigenvalue weighted by Crippen LogP contribution is 2.39. The average Bonchev–Trinajstić information content (AvgIpc) is 3.51. The first kappa shape index (κ1) is 36.6. The summed E-state index contributed by atoms with van der Waals surface area (Å²) >= 11 is 0. The van der Waals surface area contributed by atoms with E-state index >= 15 is 0 Å². The summed E-state index contributed by atoms with van der Waals surface area (Å²) in [4.78, 5) is 0. The van der Waals surface area contributed by atoms with Gasteiger partial charge in [0.15, 0.2) is 0 Å². The van der Waals surface area contributed by atoms with Crippen LogP contribution in [0.5, 0.6) is 0 Å². The Morgan fingerprint density at radius 2 is 1.26 bits per heavy atom. The molecule has 42 heavy (non-hydrogen) atoms. The molecule has 2 nitrogen and oxygen atoms in total. The molecule has 1 fully saturated rings. The standard InChI is InChI=1S/C38H64O2Si2/c1-31(21-17-22-33(3)27-28-36-38(7,8)39-36)19-16-20-32(2)23-18-24-34(40-42(11,12)37(4,5)6)29-30-41(9,10)35-25-14-13-15-26-35/h13-15,19,22-23,25-26,29,36H,16-18,20-21,24,27-28,30H2,1-12H3/b31-19+,32-23+,33-22+,34-29-/t36-/m0/s1. The third kappa shape index (κ3) is 12.9. The number of rotatable bonds is 17. The monoisotopic (exact) mass is 608 g/mol. The number of allylic oxidation sites excluding steroid dienone is 8. The highest BCUT2D eigenvalue weighted by atomic mass is 28.4. The first-order chi connectivity index (χ1) is 19.4. The maximum absolute atomic E-state index is 6.89. The molecule has 2 rings (SSSR count). The van der Waals surface area contributed by atoms with Gasteiger partial charge in [0.05, 0.1) is 25.5 Å². The summed E-state index contributed by atoms with van der Waals surface area (Å²) in [5.41, 5.74) is 4.62. The van der Waals surface area contributed by atoms with Crippen molar-refractivity contribution < 1.29 is 9.16 Å². The molecule has 0 saturated carbocycles. The molecule has 1 aromatic rings. The zero-order valence-electron chi connectivity index (χ0n) is 29.5. The van der Waals surface area contributed by atoms with Crippen molar-refractivity contribution in [1.29, 1.82) is 0 Å². The summed E-state index contributed by atoms with van der Waals surface area (Å²) in [6.07, 6.45) is 19.2. The Hall–Kier alpha value is -1.63. The number of ether oxygens (including phenoxy) is 1. The Bertz CT molecular complexity index is 1100. The van der Waals surface area contributed by atoms with Crippen LogP contribution in [0.2, 0.25) is 37.3 Å². The fourth-order valence-corrected chi connectivity index (χ4v) is 8.22. The zero-order chi connectivity index (χ0) is 31.6. The van der Waals surface area contributed by atoms with Crippen molar-refractivity contribution in [2.75, 3.05) is 0 Å². The number of epoxide rings is 1. The third-order valence-electron chi connectivity index (χ3n) is 9.50. The van der Waals surface area contributed by atoms with E-state index in [1.54, 1.807) is 0 Å². The zero-order valence-corrected chi connectivity index (χ0v) is 31.5. The van der Waals surface area contributed by atoms with Gasteiger partial charge in [0, 0.05) is 6.42 Å². The Kier molecular flexibility index (Phi) is 13.8. The van der Waals surface area contributed by atoms with Crippen molar-refractivity contribution in [3.8, 4) is 0 Å². The topological polar surface area (TPSA) is 21.8 Å². The highest BCUT2D eigenvalue weighted by molar-refractivity contribution is 6.90. The average molecular weight is 609 g/mol. The van der Waals surface area contributed by atoms with Crippen LogP contribution in [-0.4, -0.2) is 28.1 Å². The minimum absolute atomic E-state index is 0.116. The molecule has 0 aromatic heterocycles. The number of hydrogen-bond donors (Lipinski definition) is 0. The van der Waals surface area contributed by atoms with Gasteiger partial charge in [-0.1, -0.05) is 110 Å². The molecular formula is C38H64O2Si2. The Morgan fingerprint density at radius 1 is 0.786 bits per heavy atom. The smallest absolute Gasteiger partial charge is 0.250 e. The second-order valence-corrected chi connectivity index (χ2v) is 25.0. The second-order valence-electron chi connectivity index (χ2n) is 15.5. The molecule has 0 N–H and O–H groups in total. The van der Waals surface area contributed by atoms with Gasteiger partial charge in [-0.2, -0.15) is 0 Å². The Balaban J connectivity index is 1.86. The summed E-state index contributed by atoms with van der Waals surface area (Å²) in [6.45, 7) is 27.9. The van der Waals surface area contributed by atoms with Crippen molar-refractivity contribution in [2.45, 2.75) is 156 Å². The van der Waals surface area contributed by atoms with E-state index in [2.05, 4.69) is 136 Å². The summed E-state index contributed by atoms with van der Waals surface area (Å²) in [7, 11) is -3.43. The molecular weight excluding hydrogens is 545 g/mol. The van der Waals surface area contributed by atoms with Crippen LogP contribution >= 0.6 is 0 Å². The lowest BCUT2D eigenvalue weighted by Crippen LogP contribution is -2.41. The molecule has 0 aliphatic carbocycles. The van der Waals surface area contributed by atoms with Gasteiger partial charge in [0.25, 0.3) is 0 Å². The lowest BCUT2D eigenvalue weighted by Gasteiger charge is -2.37. The number of benzene rings is 1. The van der Waals surface area contributed by atoms with Gasteiger partial charge in [0.1, 0.15) is 0 Å². The lowest BCUT2D eigenvalue weighted by atomic mass is 10.0. The molecule has 0 amide bonds. The largest absolute Gasteiger partial charge is 0.547 e. The van der Waals surface area contributed by atoms with Crippen LogP contribution in [0.15, 0.2) is 77.1 Å². The predicted molar refractivity (Wildman–Crippen MR) is 192 cm³/mol. The molecule has 1 aliphatic rings. The first-order valence-electron chi connectivity index (χ1n) is 16.5. The van der Waals surface area contributed by atoms with Crippen LogP contribution in [0.1, 0.15) is 107 Å². The van der Waals surface area contributed by atoms with Gasteiger partial charge in [-0.25, -0.2) is 0 Å². The predicted octanol–water partition coefficient (Wildman–Crippen LogP) is 11.6. The van der Waals surface area contributed by atoms with E-state index in [0.717, 1.165) is 57.4 Å². The van der Waals surface area contributed by atoms with E-state index in [9.17, 15) is 0 Å². The SMILES string of the molecule is C/C(=C\CC/C(=C/C[Si](C)(C)c1ccccc1)O[Si](C)(C)C(C)(C)C)CC/C=C(\C)CC/C=C(\C)CC[C@@H]1OC1(C)C. The molecule has 0 unspecified atom stereocenters. The molecule has 1 aromatic carbocycles. The van der Waals surface area contributed by atoms with Crippen LogP contribution in [-0.2, 0) is 9.16 Å². The highest BCUT2D eigenvalue weighted by Gasteiger charge is 2.46. The fourth-order valence-electron chi connectivity index (χ4n) is 5.01. The molecule has 0 spiro atoms. The summed E-state index contributed by atoms with van der Waals surface area (Å²) in [5, 5.41) is 1.72. The molecule has 1 heterocycles. The molecule has 1 aliphatic heterocycles. The van der Waals surface area contributed by atoms with E-state index in [0.29, 0.717) is 6.10 Å². The normalized spacial score (nSPS) is 18.8. The van der Waals surface area contributed by atoms with Gasteiger partial charge in [-0.05, 0) is 104 Å². The third-order valence-corrected chi connectivity index (χ3v) is 17.0. The van der Waals surface area contributed by atoms with E-state index in [4.69, 9.17) is 9.16 Å². The second kappa shape index (κ2) is 15.9. The first-order valence-corrected chi connectivity index (χ1v) is 22.6. The van der Waals surface area contributed by atoms with Crippen LogP contribution in [0.3, 0.4) is 0 Å². The van der Waals surface area contributed by atoms with Gasteiger partial charge < -0.3 is 9.16 Å². The quantitative estimate of drug-likeness (QED) is 0.0759. The van der Waals surface area contributed by atoms with E-state index in [1.165, 1.54) is 27.7 Å². The molecule has 1 atom stereocenters.